The van der Waals surface area contributed by atoms with Gasteiger partial charge in [0, 0.05) is 18.7 Å². The van der Waals surface area contributed by atoms with Crippen molar-refractivity contribution in [2.45, 2.75) is 6.10 Å². The first-order valence-electron chi connectivity index (χ1n) is 5.15. The maximum atomic E-state index is 9.22. The Morgan fingerprint density at radius 3 is 2.62 bits per heavy atom. The van der Waals surface area contributed by atoms with Gasteiger partial charge in [-0.05, 0) is 0 Å². The second-order valence-electron chi connectivity index (χ2n) is 3.81. The summed E-state index contributed by atoms with van der Waals surface area (Å²) in [5, 5.41) is 19.3. The normalized spacial score (nSPS) is 16.2. The van der Waals surface area contributed by atoms with Crippen molar-refractivity contribution in [3.8, 4) is 10.6 Å². The molecule has 3 rings (SSSR count). The number of nitrogens with zero attached hydrogens (tertiary/aromatic N) is 3. The van der Waals surface area contributed by atoms with Gasteiger partial charge in [-0.15, -0.1) is 10.2 Å². The van der Waals surface area contributed by atoms with Crippen LogP contribution in [0.4, 0.5) is 5.13 Å². The number of anilines is 1. The summed E-state index contributed by atoms with van der Waals surface area (Å²) in [4.78, 5) is 2.04. The van der Waals surface area contributed by atoms with Gasteiger partial charge in [0.15, 0.2) is 0 Å². The number of β-amino-alcohol motifs (C(OH)–C–C–N with tert-alkyl or cyclic N) is 1. The molecule has 0 amide bonds. The molecule has 1 fully saturated rings. The zero-order chi connectivity index (χ0) is 11.0. The molecule has 16 heavy (non-hydrogen) atoms. The second kappa shape index (κ2) is 3.84. The van der Waals surface area contributed by atoms with Crippen molar-refractivity contribution in [2.75, 3.05) is 18.0 Å². The molecule has 4 nitrogen and oxygen atoms in total. The fourth-order valence-corrected chi connectivity index (χ4v) is 2.52. The number of aliphatic hydroxyl groups is 1. The van der Waals surface area contributed by atoms with Gasteiger partial charge in [0.05, 0.1) is 6.10 Å². The Kier molecular flexibility index (Phi) is 2.34. The van der Waals surface area contributed by atoms with E-state index in [4.69, 9.17) is 0 Å². The average molecular weight is 233 g/mol. The topological polar surface area (TPSA) is 49.2 Å². The Hall–Kier alpha value is -1.46. The monoisotopic (exact) mass is 233 g/mol. The Labute approximate surface area is 97.2 Å². The molecular weight excluding hydrogens is 222 g/mol. The van der Waals surface area contributed by atoms with Crippen LogP contribution in [0.5, 0.6) is 0 Å². The SMILES string of the molecule is OC1CN(c2nnc(-c3ccccc3)s2)C1. The van der Waals surface area contributed by atoms with Gasteiger partial charge in [-0.1, -0.05) is 41.7 Å². The molecule has 0 saturated carbocycles. The first-order valence-corrected chi connectivity index (χ1v) is 5.96. The summed E-state index contributed by atoms with van der Waals surface area (Å²) in [7, 11) is 0. The van der Waals surface area contributed by atoms with E-state index in [1.165, 1.54) is 0 Å². The van der Waals surface area contributed by atoms with Gasteiger partial charge in [-0.3, -0.25) is 0 Å². The minimum Gasteiger partial charge on any atom is -0.389 e. The van der Waals surface area contributed by atoms with Crippen LogP contribution >= 0.6 is 11.3 Å². The molecule has 1 N–H and O–H groups in total. The third-order valence-electron chi connectivity index (χ3n) is 2.57. The van der Waals surface area contributed by atoms with Crippen LogP contribution in [-0.4, -0.2) is 34.5 Å². The van der Waals surface area contributed by atoms with Crippen LogP contribution in [0.2, 0.25) is 0 Å². The average Bonchev–Trinajstić information content (AvgIpc) is 2.75. The van der Waals surface area contributed by atoms with E-state index in [0.29, 0.717) is 13.1 Å². The highest BCUT2D eigenvalue weighted by Gasteiger charge is 2.27. The lowest BCUT2D eigenvalue weighted by molar-refractivity contribution is 0.141. The largest absolute Gasteiger partial charge is 0.389 e. The summed E-state index contributed by atoms with van der Waals surface area (Å²) in [6, 6.07) is 10.0. The quantitative estimate of drug-likeness (QED) is 0.851. The van der Waals surface area contributed by atoms with Gasteiger partial charge in [-0.2, -0.15) is 0 Å². The van der Waals surface area contributed by atoms with Crippen LogP contribution in [-0.2, 0) is 0 Å². The molecule has 0 unspecified atom stereocenters. The number of hydrogen-bond acceptors (Lipinski definition) is 5. The third-order valence-corrected chi connectivity index (χ3v) is 3.60. The van der Waals surface area contributed by atoms with E-state index in [2.05, 4.69) is 10.2 Å². The third kappa shape index (κ3) is 1.68. The van der Waals surface area contributed by atoms with Gasteiger partial charge in [-0.25, -0.2) is 0 Å². The lowest BCUT2D eigenvalue weighted by atomic mass is 10.2. The van der Waals surface area contributed by atoms with E-state index >= 15 is 0 Å². The lowest BCUT2D eigenvalue weighted by Gasteiger charge is -2.34. The number of hydrogen-bond donors (Lipinski definition) is 1. The first kappa shape index (κ1) is 9.74. The number of rotatable bonds is 2. The Morgan fingerprint density at radius 1 is 1.19 bits per heavy atom. The second-order valence-corrected chi connectivity index (χ2v) is 4.77. The predicted molar refractivity (Wildman–Crippen MR) is 63.6 cm³/mol. The standard InChI is InChI=1S/C11H11N3OS/c15-9-6-14(7-9)11-13-12-10(16-11)8-4-2-1-3-5-8/h1-5,9,15H,6-7H2. The zero-order valence-corrected chi connectivity index (χ0v) is 9.39. The van der Waals surface area contributed by atoms with Crippen LogP contribution in [0.25, 0.3) is 10.6 Å². The fraction of sp³-hybridized carbons (Fsp3) is 0.273. The molecule has 1 aromatic carbocycles. The molecule has 1 aliphatic heterocycles. The summed E-state index contributed by atoms with van der Waals surface area (Å²) in [5.41, 5.74) is 1.09. The maximum absolute atomic E-state index is 9.22. The summed E-state index contributed by atoms with van der Waals surface area (Å²) < 4.78 is 0. The number of aromatic nitrogens is 2. The highest BCUT2D eigenvalue weighted by Crippen LogP contribution is 2.30. The fourth-order valence-electron chi connectivity index (χ4n) is 1.65. The van der Waals surface area contributed by atoms with E-state index in [-0.39, 0.29) is 6.10 Å². The number of aliphatic hydroxyl groups excluding tert-OH is 1. The van der Waals surface area contributed by atoms with Crippen LogP contribution in [0, 0.1) is 0 Å². The Balaban J connectivity index is 1.83. The van der Waals surface area contributed by atoms with Crippen molar-refractivity contribution < 1.29 is 5.11 Å². The van der Waals surface area contributed by atoms with Gasteiger partial charge < -0.3 is 10.0 Å². The van der Waals surface area contributed by atoms with Crippen LogP contribution in [0.1, 0.15) is 0 Å². The van der Waals surface area contributed by atoms with Crippen LogP contribution in [0.15, 0.2) is 30.3 Å². The molecule has 0 aliphatic carbocycles. The smallest absolute Gasteiger partial charge is 0.208 e. The highest BCUT2D eigenvalue weighted by atomic mass is 32.1. The van der Waals surface area contributed by atoms with Crippen LogP contribution in [0.3, 0.4) is 0 Å². The summed E-state index contributed by atoms with van der Waals surface area (Å²) in [5.74, 6) is 0. The summed E-state index contributed by atoms with van der Waals surface area (Å²) >= 11 is 1.56. The predicted octanol–water partition coefficient (Wildman–Crippen LogP) is 1.39. The molecule has 1 aliphatic rings. The molecule has 2 aromatic rings. The number of benzene rings is 1. The molecule has 1 saturated heterocycles. The minimum absolute atomic E-state index is 0.205. The van der Waals surface area contributed by atoms with Gasteiger partial charge in [0.2, 0.25) is 5.13 Å². The minimum atomic E-state index is -0.205. The van der Waals surface area contributed by atoms with E-state index in [9.17, 15) is 5.11 Å². The molecule has 0 atom stereocenters. The van der Waals surface area contributed by atoms with Crippen LogP contribution < -0.4 is 4.90 Å². The molecular formula is C11H11N3OS. The zero-order valence-electron chi connectivity index (χ0n) is 8.58. The van der Waals surface area contributed by atoms with Crippen molar-refractivity contribution in [1.82, 2.24) is 10.2 Å². The molecule has 82 valence electrons. The van der Waals surface area contributed by atoms with E-state index in [1.807, 2.05) is 35.2 Å². The van der Waals surface area contributed by atoms with Gasteiger partial charge >= 0.3 is 0 Å². The molecule has 1 aromatic heterocycles. The molecule has 0 radical (unpaired) electrons. The Bertz CT molecular complexity index is 479. The van der Waals surface area contributed by atoms with Gasteiger partial charge in [0.1, 0.15) is 5.01 Å². The highest BCUT2D eigenvalue weighted by molar-refractivity contribution is 7.18. The van der Waals surface area contributed by atoms with Crippen molar-refractivity contribution in [3.05, 3.63) is 30.3 Å². The molecule has 0 spiro atoms. The lowest BCUT2D eigenvalue weighted by Crippen LogP contribution is -2.50. The molecule has 5 heteroatoms. The van der Waals surface area contributed by atoms with Crippen molar-refractivity contribution >= 4 is 16.5 Å². The van der Waals surface area contributed by atoms with E-state index in [1.54, 1.807) is 11.3 Å². The Morgan fingerprint density at radius 2 is 1.94 bits per heavy atom. The maximum Gasteiger partial charge on any atom is 0.208 e. The summed E-state index contributed by atoms with van der Waals surface area (Å²) in [6.45, 7) is 1.34. The first-order chi connectivity index (χ1) is 7.83. The van der Waals surface area contributed by atoms with Crippen molar-refractivity contribution in [3.63, 3.8) is 0 Å². The van der Waals surface area contributed by atoms with E-state index < -0.39 is 0 Å². The summed E-state index contributed by atoms with van der Waals surface area (Å²) in [6.07, 6.45) is -0.205. The molecule has 2 heterocycles. The van der Waals surface area contributed by atoms with E-state index in [0.717, 1.165) is 15.7 Å². The van der Waals surface area contributed by atoms with Gasteiger partial charge in [0.25, 0.3) is 0 Å². The van der Waals surface area contributed by atoms with Crippen molar-refractivity contribution in [2.24, 2.45) is 0 Å². The van der Waals surface area contributed by atoms with Crippen molar-refractivity contribution in [1.29, 1.82) is 0 Å². The molecule has 0 bridgehead atoms.